The van der Waals surface area contributed by atoms with Crippen LogP contribution in [0.3, 0.4) is 0 Å². The van der Waals surface area contributed by atoms with Gasteiger partial charge in [-0.05, 0) is 54.4 Å². The Hall–Kier alpha value is -3.91. The van der Waals surface area contributed by atoms with Gasteiger partial charge in [0.2, 0.25) is 5.91 Å². The summed E-state index contributed by atoms with van der Waals surface area (Å²) < 4.78 is 7.78. The zero-order valence-corrected chi connectivity index (χ0v) is 22.2. The van der Waals surface area contributed by atoms with Crippen LogP contribution in [0.5, 0.6) is 5.75 Å². The van der Waals surface area contributed by atoms with Gasteiger partial charge in [0.25, 0.3) is 0 Å². The maximum atomic E-state index is 12.3. The number of anilines is 1. The van der Waals surface area contributed by atoms with Crippen LogP contribution < -0.4 is 10.1 Å². The number of Topliss-reactive ketones (excluding diaryl/α,β-unsaturated/α-hetero) is 1. The summed E-state index contributed by atoms with van der Waals surface area (Å²) in [5, 5.41) is 11.9. The van der Waals surface area contributed by atoms with Crippen LogP contribution in [0.25, 0.3) is 0 Å². The number of nitrogens with one attached hydrogen (secondary N) is 1. The average molecular weight is 515 g/mol. The van der Waals surface area contributed by atoms with Gasteiger partial charge in [0, 0.05) is 23.7 Å². The number of aromatic nitrogens is 3. The van der Waals surface area contributed by atoms with Gasteiger partial charge in [0.15, 0.2) is 16.8 Å². The maximum Gasteiger partial charge on any atom is 0.234 e. The van der Waals surface area contributed by atoms with Crippen LogP contribution in [0, 0.1) is 0 Å². The summed E-state index contributed by atoms with van der Waals surface area (Å²) >= 11 is 1.30. The highest BCUT2D eigenvalue weighted by atomic mass is 32.2. The van der Waals surface area contributed by atoms with Gasteiger partial charge in [-0.15, -0.1) is 10.2 Å². The largest absolute Gasteiger partial charge is 0.486 e. The first-order valence-corrected chi connectivity index (χ1v) is 12.9. The Morgan fingerprint density at radius 3 is 2.22 bits per heavy atom. The summed E-state index contributed by atoms with van der Waals surface area (Å²) in [6, 6.07) is 25.4. The molecule has 1 amide bonds. The van der Waals surface area contributed by atoms with Crippen LogP contribution in [-0.2, 0) is 23.9 Å². The quantitative estimate of drug-likeness (QED) is 0.217. The molecule has 8 heteroatoms. The molecule has 3 aromatic carbocycles. The predicted octanol–water partition coefficient (Wildman–Crippen LogP) is 5.65. The molecule has 0 aliphatic carbocycles. The van der Waals surface area contributed by atoms with Crippen molar-refractivity contribution < 1.29 is 14.3 Å². The standard InChI is InChI=1S/C29H30N4O3S/c1-20(34)21-10-14-24(15-11-21)30-27(35)19-37-28-32-31-26(33(28)4)18-36-25-16-12-23(13-17-25)29(2,3)22-8-6-5-7-9-22/h5-17H,18-19H2,1-4H3,(H,30,35). The molecular weight excluding hydrogens is 484 g/mol. The van der Waals surface area contributed by atoms with Crippen LogP contribution in [-0.4, -0.2) is 32.2 Å². The van der Waals surface area contributed by atoms with E-state index >= 15 is 0 Å². The first-order valence-electron chi connectivity index (χ1n) is 11.9. The van der Waals surface area contributed by atoms with E-state index in [0.29, 0.717) is 22.2 Å². The second-order valence-electron chi connectivity index (χ2n) is 9.23. The van der Waals surface area contributed by atoms with Crippen LogP contribution >= 0.6 is 11.8 Å². The Morgan fingerprint density at radius 2 is 1.57 bits per heavy atom. The van der Waals surface area contributed by atoms with Gasteiger partial charge in [-0.3, -0.25) is 9.59 Å². The number of rotatable bonds is 10. The van der Waals surface area contributed by atoms with Gasteiger partial charge in [0.05, 0.1) is 5.75 Å². The van der Waals surface area contributed by atoms with E-state index in [1.165, 1.54) is 29.8 Å². The van der Waals surface area contributed by atoms with Crippen molar-refractivity contribution in [2.45, 2.75) is 37.9 Å². The SMILES string of the molecule is CC(=O)c1ccc(NC(=O)CSc2nnc(COc3ccc(C(C)(C)c4ccccc4)cc3)n2C)cc1. The molecule has 0 atom stereocenters. The van der Waals surface area contributed by atoms with Crippen molar-refractivity contribution in [2.75, 3.05) is 11.1 Å². The lowest BCUT2D eigenvalue weighted by atomic mass is 9.78. The van der Waals surface area contributed by atoms with E-state index in [9.17, 15) is 9.59 Å². The van der Waals surface area contributed by atoms with E-state index in [4.69, 9.17) is 4.74 Å². The number of hydrogen-bond acceptors (Lipinski definition) is 6. The molecule has 0 radical (unpaired) electrons. The van der Waals surface area contributed by atoms with Crippen LogP contribution in [0.2, 0.25) is 0 Å². The lowest BCUT2D eigenvalue weighted by Gasteiger charge is -2.26. The number of thioether (sulfide) groups is 1. The molecule has 0 saturated carbocycles. The molecule has 0 spiro atoms. The number of amides is 1. The fourth-order valence-electron chi connectivity index (χ4n) is 3.85. The first kappa shape index (κ1) is 26.2. The normalized spacial score (nSPS) is 11.2. The average Bonchev–Trinajstić information content (AvgIpc) is 3.26. The topological polar surface area (TPSA) is 86.1 Å². The minimum absolute atomic E-state index is 0.0143. The van der Waals surface area contributed by atoms with Crippen molar-refractivity contribution in [3.63, 3.8) is 0 Å². The molecule has 1 N–H and O–H groups in total. The number of benzene rings is 3. The Kier molecular flexibility index (Phi) is 8.08. The van der Waals surface area contributed by atoms with Gasteiger partial charge < -0.3 is 14.6 Å². The van der Waals surface area contributed by atoms with E-state index in [0.717, 1.165) is 5.75 Å². The molecule has 190 valence electrons. The van der Waals surface area contributed by atoms with Gasteiger partial charge in [-0.2, -0.15) is 0 Å². The van der Waals surface area contributed by atoms with Gasteiger partial charge in [-0.1, -0.05) is 68.1 Å². The van der Waals surface area contributed by atoms with E-state index < -0.39 is 0 Å². The summed E-state index contributed by atoms with van der Waals surface area (Å²) in [5.41, 5.74) is 3.60. The smallest absolute Gasteiger partial charge is 0.234 e. The Balaban J connectivity index is 1.29. The molecule has 0 fully saturated rings. The fraction of sp³-hybridized carbons (Fsp3) is 0.241. The highest BCUT2D eigenvalue weighted by Crippen LogP contribution is 2.32. The molecule has 4 rings (SSSR count). The van der Waals surface area contributed by atoms with Crippen LogP contribution in [0.1, 0.15) is 48.1 Å². The van der Waals surface area contributed by atoms with E-state index in [2.05, 4.69) is 65.8 Å². The van der Waals surface area contributed by atoms with E-state index in [-0.39, 0.29) is 29.5 Å². The minimum atomic E-state index is -0.167. The Bertz CT molecular complexity index is 1360. The third kappa shape index (κ3) is 6.46. The van der Waals surface area contributed by atoms with Crippen molar-refractivity contribution in [3.8, 4) is 5.75 Å². The lowest BCUT2D eigenvalue weighted by molar-refractivity contribution is -0.113. The second-order valence-corrected chi connectivity index (χ2v) is 10.2. The molecule has 0 bridgehead atoms. The molecule has 7 nitrogen and oxygen atoms in total. The highest BCUT2D eigenvalue weighted by molar-refractivity contribution is 7.99. The van der Waals surface area contributed by atoms with Crippen molar-refractivity contribution >= 4 is 29.1 Å². The van der Waals surface area contributed by atoms with E-state index in [1.807, 2.05) is 29.8 Å². The van der Waals surface area contributed by atoms with Gasteiger partial charge in [0.1, 0.15) is 12.4 Å². The number of ketones is 1. The zero-order valence-electron chi connectivity index (χ0n) is 21.4. The number of carbonyl (C=O) groups excluding carboxylic acids is 2. The number of hydrogen-bond donors (Lipinski definition) is 1. The third-order valence-corrected chi connectivity index (χ3v) is 7.29. The second kappa shape index (κ2) is 11.4. The van der Waals surface area contributed by atoms with Gasteiger partial charge >= 0.3 is 0 Å². The Labute approximate surface area is 221 Å². The molecule has 4 aromatic rings. The third-order valence-electron chi connectivity index (χ3n) is 6.27. The molecule has 1 heterocycles. The summed E-state index contributed by atoms with van der Waals surface area (Å²) in [7, 11) is 1.85. The number of nitrogens with zero attached hydrogens (tertiary/aromatic N) is 3. The minimum Gasteiger partial charge on any atom is -0.486 e. The molecule has 37 heavy (non-hydrogen) atoms. The van der Waals surface area contributed by atoms with Crippen molar-refractivity contribution in [1.29, 1.82) is 0 Å². The number of ether oxygens (including phenoxy) is 1. The summed E-state index contributed by atoms with van der Waals surface area (Å²) in [6.07, 6.45) is 0. The molecule has 1 aromatic heterocycles. The van der Waals surface area contributed by atoms with Crippen molar-refractivity contribution in [2.24, 2.45) is 7.05 Å². The fourth-order valence-corrected chi connectivity index (χ4v) is 4.58. The molecular formula is C29H30N4O3S. The summed E-state index contributed by atoms with van der Waals surface area (Å²) in [4.78, 5) is 23.7. The maximum absolute atomic E-state index is 12.3. The molecule has 0 aliphatic rings. The predicted molar refractivity (Wildman–Crippen MR) is 146 cm³/mol. The van der Waals surface area contributed by atoms with Crippen molar-refractivity contribution in [3.05, 3.63) is 101 Å². The highest BCUT2D eigenvalue weighted by Gasteiger charge is 2.22. The molecule has 0 saturated heterocycles. The lowest BCUT2D eigenvalue weighted by Crippen LogP contribution is -2.18. The first-order chi connectivity index (χ1) is 17.7. The molecule has 0 aliphatic heterocycles. The van der Waals surface area contributed by atoms with Crippen LogP contribution in [0.4, 0.5) is 5.69 Å². The summed E-state index contributed by atoms with van der Waals surface area (Å²) in [5.74, 6) is 1.41. The van der Waals surface area contributed by atoms with Crippen molar-refractivity contribution in [1.82, 2.24) is 14.8 Å². The zero-order chi connectivity index (χ0) is 26.4. The Morgan fingerprint density at radius 1 is 0.919 bits per heavy atom. The van der Waals surface area contributed by atoms with E-state index in [1.54, 1.807) is 24.3 Å². The summed E-state index contributed by atoms with van der Waals surface area (Å²) in [6.45, 7) is 6.19. The number of carbonyl (C=O) groups is 2. The van der Waals surface area contributed by atoms with Gasteiger partial charge in [-0.25, -0.2) is 0 Å². The monoisotopic (exact) mass is 514 g/mol. The molecule has 0 unspecified atom stereocenters. The van der Waals surface area contributed by atoms with Crippen LogP contribution in [0.15, 0.2) is 84.0 Å².